The number of ketones is 1. The van der Waals surface area contributed by atoms with Gasteiger partial charge in [0.05, 0.1) is 5.69 Å². The second kappa shape index (κ2) is 8.19. The highest BCUT2D eigenvalue weighted by molar-refractivity contribution is 7.98. The fourth-order valence-electron chi connectivity index (χ4n) is 4.08. The molecular formula is C23H24N6OS. The van der Waals surface area contributed by atoms with Crippen molar-refractivity contribution in [2.75, 3.05) is 24.3 Å². The largest absolute Gasteiger partial charge is 0.378 e. The van der Waals surface area contributed by atoms with Gasteiger partial charge in [-0.15, -0.1) is 5.10 Å². The predicted octanol–water partition coefficient (Wildman–Crippen LogP) is 4.05. The van der Waals surface area contributed by atoms with Gasteiger partial charge in [-0.05, 0) is 42.7 Å². The first kappa shape index (κ1) is 19.8. The van der Waals surface area contributed by atoms with Gasteiger partial charge < -0.3 is 10.2 Å². The molecule has 31 heavy (non-hydrogen) atoms. The summed E-state index contributed by atoms with van der Waals surface area (Å²) in [6.07, 6.45) is 4.10. The van der Waals surface area contributed by atoms with Crippen LogP contribution < -0.4 is 10.2 Å². The van der Waals surface area contributed by atoms with Crippen LogP contribution in [0, 0.1) is 0 Å². The van der Waals surface area contributed by atoms with Crippen molar-refractivity contribution < 1.29 is 4.79 Å². The standard InChI is InChI=1S/C23H24N6OS/c1-28(2)17-11-9-15(10-12-17)21-20-18(7-5-8-19(20)30)25-22-26-23(27-29(21)22)31-14-16-6-3-4-13-24-16/h3-4,6,9-13,21H,5,7-8,14H2,1-2H3,(H,25,26,27)/t21-/m1/s1. The van der Waals surface area contributed by atoms with Gasteiger partial charge in [0, 0.05) is 49.4 Å². The van der Waals surface area contributed by atoms with Crippen LogP contribution in [0.4, 0.5) is 11.6 Å². The number of hydrogen-bond acceptors (Lipinski definition) is 7. The quantitative estimate of drug-likeness (QED) is 0.610. The van der Waals surface area contributed by atoms with E-state index in [9.17, 15) is 4.79 Å². The number of allylic oxidation sites excluding steroid dienone is 2. The van der Waals surface area contributed by atoms with E-state index >= 15 is 0 Å². The zero-order valence-corrected chi connectivity index (χ0v) is 18.4. The molecule has 0 fully saturated rings. The fraction of sp³-hybridized carbons (Fsp3) is 0.304. The molecule has 0 bridgehead atoms. The molecule has 3 heterocycles. The van der Waals surface area contributed by atoms with Crippen LogP contribution in [0.2, 0.25) is 0 Å². The molecule has 158 valence electrons. The molecule has 8 heteroatoms. The summed E-state index contributed by atoms with van der Waals surface area (Å²) < 4.78 is 1.87. The van der Waals surface area contributed by atoms with Gasteiger partial charge in [0.2, 0.25) is 11.1 Å². The summed E-state index contributed by atoms with van der Waals surface area (Å²) in [7, 11) is 4.04. The van der Waals surface area contributed by atoms with E-state index in [1.54, 1.807) is 18.0 Å². The number of benzene rings is 1. The maximum atomic E-state index is 12.9. The molecule has 2 aliphatic rings. The molecule has 1 atom stereocenters. The number of thioether (sulfide) groups is 1. The third-order valence-corrected chi connectivity index (χ3v) is 6.52. The second-order valence-corrected chi connectivity index (χ2v) is 8.90. The van der Waals surface area contributed by atoms with E-state index in [0.29, 0.717) is 23.3 Å². The van der Waals surface area contributed by atoms with Crippen molar-refractivity contribution in [3.63, 3.8) is 0 Å². The molecule has 0 saturated carbocycles. The third kappa shape index (κ3) is 3.83. The van der Waals surface area contributed by atoms with Crippen molar-refractivity contribution in [3.05, 3.63) is 71.2 Å². The zero-order chi connectivity index (χ0) is 21.4. The Kier molecular flexibility index (Phi) is 5.23. The third-order valence-electron chi connectivity index (χ3n) is 5.65. The average molecular weight is 433 g/mol. The number of nitrogens with zero attached hydrogens (tertiary/aromatic N) is 5. The van der Waals surface area contributed by atoms with Crippen molar-refractivity contribution in [1.29, 1.82) is 0 Å². The highest BCUT2D eigenvalue weighted by atomic mass is 32.2. The SMILES string of the molecule is CN(C)c1ccc([C@@H]2C3=C(CCCC3=O)Nc3nc(SCc4ccccn4)nn32)cc1. The molecule has 0 spiro atoms. The van der Waals surface area contributed by atoms with E-state index in [-0.39, 0.29) is 11.8 Å². The zero-order valence-electron chi connectivity index (χ0n) is 17.6. The number of carbonyl (C=O) groups excluding carboxylic acids is 1. The molecule has 1 aliphatic heterocycles. The Bertz CT molecular complexity index is 1140. The number of hydrogen-bond donors (Lipinski definition) is 1. The van der Waals surface area contributed by atoms with E-state index in [0.717, 1.165) is 41.1 Å². The van der Waals surface area contributed by atoms with Crippen LogP contribution in [-0.4, -0.2) is 39.6 Å². The van der Waals surface area contributed by atoms with Gasteiger partial charge >= 0.3 is 0 Å². The Morgan fingerprint density at radius 3 is 2.74 bits per heavy atom. The van der Waals surface area contributed by atoms with Crippen LogP contribution in [0.1, 0.15) is 36.6 Å². The molecule has 3 aromatic rings. The van der Waals surface area contributed by atoms with E-state index < -0.39 is 0 Å². The number of rotatable bonds is 5. The van der Waals surface area contributed by atoms with Gasteiger partial charge in [0.15, 0.2) is 5.78 Å². The van der Waals surface area contributed by atoms with Crippen LogP contribution in [0.3, 0.4) is 0 Å². The number of anilines is 2. The smallest absolute Gasteiger partial charge is 0.227 e. The highest BCUT2D eigenvalue weighted by Crippen LogP contribution is 2.41. The molecule has 0 radical (unpaired) electrons. The van der Waals surface area contributed by atoms with Gasteiger partial charge in [-0.1, -0.05) is 30.0 Å². The second-order valence-electron chi connectivity index (χ2n) is 7.95. The Morgan fingerprint density at radius 1 is 1.16 bits per heavy atom. The fourth-order valence-corrected chi connectivity index (χ4v) is 4.83. The average Bonchev–Trinajstić information content (AvgIpc) is 3.20. The first-order chi connectivity index (χ1) is 15.1. The van der Waals surface area contributed by atoms with E-state index in [1.807, 2.05) is 37.0 Å². The summed E-state index contributed by atoms with van der Waals surface area (Å²) >= 11 is 1.55. The van der Waals surface area contributed by atoms with Crippen molar-refractivity contribution in [3.8, 4) is 0 Å². The molecule has 0 saturated heterocycles. The lowest BCUT2D eigenvalue weighted by molar-refractivity contribution is -0.116. The molecule has 2 aromatic heterocycles. The molecule has 1 aliphatic carbocycles. The van der Waals surface area contributed by atoms with Crippen LogP contribution in [0.5, 0.6) is 0 Å². The highest BCUT2D eigenvalue weighted by Gasteiger charge is 2.36. The van der Waals surface area contributed by atoms with Gasteiger partial charge in [0.1, 0.15) is 6.04 Å². The number of carbonyl (C=O) groups is 1. The van der Waals surface area contributed by atoms with Crippen molar-refractivity contribution in [2.45, 2.75) is 36.2 Å². The maximum absolute atomic E-state index is 12.9. The Balaban J connectivity index is 1.51. The lowest BCUT2D eigenvalue weighted by atomic mass is 9.85. The molecule has 0 unspecified atom stereocenters. The monoisotopic (exact) mass is 432 g/mol. The van der Waals surface area contributed by atoms with Gasteiger partial charge in [-0.2, -0.15) is 4.98 Å². The van der Waals surface area contributed by atoms with Gasteiger partial charge in [0.25, 0.3) is 0 Å². The van der Waals surface area contributed by atoms with Crippen molar-refractivity contribution in [1.82, 2.24) is 19.7 Å². The minimum absolute atomic E-state index is 0.194. The van der Waals surface area contributed by atoms with E-state index in [4.69, 9.17) is 10.1 Å². The summed E-state index contributed by atoms with van der Waals surface area (Å²) in [5.41, 5.74) is 4.95. The molecule has 5 rings (SSSR count). The minimum Gasteiger partial charge on any atom is -0.378 e. The summed E-state index contributed by atoms with van der Waals surface area (Å²) in [6, 6.07) is 14.0. The van der Waals surface area contributed by atoms with Gasteiger partial charge in [-0.25, -0.2) is 4.68 Å². The normalized spacial score (nSPS) is 17.7. The maximum Gasteiger partial charge on any atom is 0.227 e. The lowest BCUT2D eigenvalue weighted by Crippen LogP contribution is -2.31. The summed E-state index contributed by atoms with van der Waals surface area (Å²) in [5.74, 6) is 1.58. The lowest BCUT2D eigenvalue weighted by Gasteiger charge is -2.32. The number of aromatic nitrogens is 4. The Hall–Kier alpha value is -3.13. The molecular weight excluding hydrogens is 408 g/mol. The topological polar surface area (TPSA) is 75.9 Å². The first-order valence-corrected chi connectivity index (χ1v) is 11.4. The molecule has 1 N–H and O–H groups in total. The van der Waals surface area contributed by atoms with Crippen LogP contribution in [0.15, 0.2) is 65.1 Å². The number of pyridine rings is 1. The Labute approximate surface area is 185 Å². The minimum atomic E-state index is -0.257. The summed E-state index contributed by atoms with van der Waals surface area (Å²) in [5, 5.41) is 8.85. The van der Waals surface area contributed by atoms with Crippen LogP contribution in [0.25, 0.3) is 0 Å². The predicted molar refractivity (Wildman–Crippen MR) is 122 cm³/mol. The molecule has 1 aromatic carbocycles. The summed E-state index contributed by atoms with van der Waals surface area (Å²) in [6.45, 7) is 0. The molecule has 0 amide bonds. The number of fused-ring (bicyclic) bond motifs is 1. The van der Waals surface area contributed by atoms with Gasteiger partial charge in [-0.3, -0.25) is 9.78 Å². The number of nitrogens with one attached hydrogen (secondary N) is 1. The Morgan fingerprint density at radius 2 is 2.00 bits per heavy atom. The van der Waals surface area contributed by atoms with Crippen LogP contribution >= 0.6 is 11.8 Å². The van der Waals surface area contributed by atoms with E-state index in [1.165, 1.54) is 0 Å². The van der Waals surface area contributed by atoms with E-state index in [2.05, 4.69) is 39.5 Å². The van der Waals surface area contributed by atoms with Crippen LogP contribution in [-0.2, 0) is 10.5 Å². The van der Waals surface area contributed by atoms with Crippen molar-refractivity contribution >= 4 is 29.2 Å². The summed E-state index contributed by atoms with van der Waals surface area (Å²) in [4.78, 5) is 24.1. The van der Waals surface area contributed by atoms with Crippen molar-refractivity contribution in [2.24, 2.45) is 0 Å². The first-order valence-electron chi connectivity index (χ1n) is 10.4. The number of Topliss-reactive ketones (excluding diaryl/α,β-unsaturated/α-hetero) is 1. The molecule has 7 nitrogen and oxygen atoms in total.